The number of likely N-dealkylation sites (tertiary alicyclic amines) is 1. The fourth-order valence-corrected chi connectivity index (χ4v) is 3.32. The van der Waals surface area contributed by atoms with Gasteiger partial charge >= 0.3 is 0 Å². The van der Waals surface area contributed by atoms with Crippen molar-refractivity contribution in [1.29, 1.82) is 0 Å². The van der Waals surface area contributed by atoms with Crippen molar-refractivity contribution in [3.63, 3.8) is 0 Å². The van der Waals surface area contributed by atoms with Gasteiger partial charge in [0.05, 0.1) is 26.0 Å². The largest absolute Gasteiger partial charge is 0.497 e. The first-order chi connectivity index (χ1) is 12.7. The van der Waals surface area contributed by atoms with Gasteiger partial charge in [-0.3, -0.25) is 4.79 Å². The Morgan fingerprint density at radius 1 is 1.23 bits per heavy atom. The molecule has 138 valence electrons. The van der Waals surface area contributed by atoms with Crippen molar-refractivity contribution in [3.05, 3.63) is 35.7 Å². The van der Waals surface area contributed by atoms with Crippen molar-refractivity contribution in [2.24, 2.45) is 0 Å². The molecular formula is C19H24N4O3. The summed E-state index contributed by atoms with van der Waals surface area (Å²) >= 11 is 0. The number of nitrogens with zero attached hydrogens (tertiary/aromatic N) is 4. The number of hydrogen-bond donors (Lipinski definition) is 0. The van der Waals surface area contributed by atoms with E-state index in [1.165, 1.54) is 12.8 Å². The van der Waals surface area contributed by atoms with Crippen LogP contribution in [0.1, 0.15) is 42.5 Å². The van der Waals surface area contributed by atoms with Crippen molar-refractivity contribution in [2.45, 2.75) is 37.6 Å². The molecule has 1 aromatic heterocycles. The number of rotatable bonds is 7. The van der Waals surface area contributed by atoms with Gasteiger partial charge in [0.25, 0.3) is 0 Å². The van der Waals surface area contributed by atoms with Gasteiger partial charge < -0.3 is 14.4 Å². The summed E-state index contributed by atoms with van der Waals surface area (Å²) in [5, 5.41) is 8.47. The van der Waals surface area contributed by atoms with E-state index in [-0.39, 0.29) is 11.9 Å². The Bertz CT molecular complexity index is 794. The minimum atomic E-state index is 0.168. The topological polar surface area (TPSA) is 69.5 Å². The summed E-state index contributed by atoms with van der Waals surface area (Å²) in [6, 6.07) is 5.96. The number of aromatic nitrogens is 3. The molecule has 1 aliphatic carbocycles. The Hall–Kier alpha value is -2.57. The highest BCUT2D eigenvalue weighted by atomic mass is 16.5. The number of ether oxygens (including phenoxy) is 2. The maximum absolute atomic E-state index is 12.4. The van der Waals surface area contributed by atoms with Gasteiger partial charge in [-0.2, -0.15) is 0 Å². The van der Waals surface area contributed by atoms with E-state index in [0.717, 1.165) is 22.8 Å². The lowest BCUT2D eigenvalue weighted by Crippen LogP contribution is -2.51. The molecule has 1 saturated carbocycles. The molecule has 2 fully saturated rings. The Labute approximate surface area is 152 Å². The van der Waals surface area contributed by atoms with Crippen molar-refractivity contribution in [1.82, 2.24) is 19.9 Å². The van der Waals surface area contributed by atoms with E-state index in [0.29, 0.717) is 31.8 Å². The van der Waals surface area contributed by atoms with Crippen LogP contribution in [0.5, 0.6) is 11.5 Å². The Morgan fingerprint density at radius 2 is 2.04 bits per heavy atom. The molecule has 1 amide bonds. The summed E-state index contributed by atoms with van der Waals surface area (Å²) in [4.78, 5) is 14.3. The fourth-order valence-electron chi connectivity index (χ4n) is 3.32. The van der Waals surface area contributed by atoms with Gasteiger partial charge in [0.15, 0.2) is 0 Å². The second-order valence-electron chi connectivity index (χ2n) is 7.03. The van der Waals surface area contributed by atoms with Crippen molar-refractivity contribution in [3.8, 4) is 11.5 Å². The van der Waals surface area contributed by atoms with E-state index in [1.54, 1.807) is 14.2 Å². The predicted molar refractivity (Wildman–Crippen MR) is 95.5 cm³/mol. The van der Waals surface area contributed by atoms with Gasteiger partial charge in [-0.1, -0.05) is 11.3 Å². The zero-order chi connectivity index (χ0) is 18.1. The molecule has 1 aliphatic heterocycles. The molecular weight excluding hydrogens is 332 g/mol. The smallest absolute Gasteiger partial charge is 0.223 e. The lowest BCUT2D eigenvalue weighted by molar-refractivity contribution is -0.137. The molecule has 0 radical (unpaired) electrons. The van der Waals surface area contributed by atoms with E-state index < -0.39 is 0 Å². The van der Waals surface area contributed by atoms with Gasteiger partial charge in [0.1, 0.15) is 11.5 Å². The van der Waals surface area contributed by atoms with Crippen LogP contribution in [0.2, 0.25) is 0 Å². The molecule has 7 heteroatoms. The first-order valence-electron chi connectivity index (χ1n) is 9.08. The number of carbonyl (C=O) groups excluding carboxylic acids is 1. The highest BCUT2D eigenvalue weighted by molar-refractivity contribution is 5.77. The number of hydrogen-bond acceptors (Lipinski definition) is 5. The first kappa shape index (κ1) is 16.9. The maximum Gasteiger partial charge on any atom is 0.223 e. The van der Waals surface area contributed by atoms with E-state index in [4.69, 9.17) is 9.47 Å². The van der Waals surface area contributed by atoms with Crippen LogP contribution >= 0.6 is 0 Å². The third kappa shape index (κ3) is 3.38. The second kappa shape index (κ2) is 6.97. The minimum absolute atomic E-state index is 0.168. The van der Waals surface area contributed by atoms with Gasteiger partial charge in [-0.05, 0) is 30.9 Å². The fraction of sp³-hybridized carbons (Fsp3) is 0.526. The summed E-state index contributed by atoms with van der Waals surface area (Å²) in [5.74, 6) is 2.29. The summed E-state index contributed by atoms with van der Waals surface area (Å²) in [6.07, 6.45) is 5.63. The highest BCUT2D eigenvalue weighted by Crippen LogP contribution is 2.39. The molecule has 0 atom stereocenters. The number of benzene rings is 1. The summed E-state index contributed by atoms with van der Waals surface area (Å²) in [7, 11) is 3.26. The quantitative estimate of drug-likeness (QED) is 0.761. The molecule has 26 heavy (non-hydrogen) atoms. The van der Waals surface area contributed by atoms with Gasteiger partial charge in [-0.15, -0.1) is 5.10 Å². The highest BCUT2D eigenvalue weighted by Gasteiger charge is 2.34. The molecule has 2 aromatic rings. The van der Waals surface area contributed by atoms with Crippen LogP contribution in [0.3, 0.4) is 0 Å². The van der Waals surface area contributed by atoms with Crippen molar-refractivity contribution < 1.29 is 14.3 Å². The number of methoxy groups -OCH3 is 2. The second-order valence-corrected chi connectivity index (χ2v) is 7.03. The zero-order valence-electron chi connectivity index (χ0n) is 15.2. The summed E-state index contributed by atoms with van der Waals surface area (Å²) < 4.78 is 12.5. The SMILES string of the molecule is COc1ccc(CCC(=O)N2CC(n3cc(C4CC4)nn3)C2)c(OC)c1. The van der Waals surface area contributed by atoms with Crippen molar-refractivity contribution >= 4 is 5.91 Å². The van der Waals surface area contributed by atoms with Crippen LogP contribution in [0.4, 0.5) is 0 Å². The molecule has 4 rings (SSSR count). The van der Waals surface area contributed by atoms with Crippen molar-refractivity contribution in [2.75, 3.05) is 27.3 Å². The molecule has 2 heterocycles. The minimum Gasteiger partial charge on any atom is -0.497 e. The van der Waals surface area contributed by atoms with Gasteiger partial charge in [0, 0.05) is 37.7 Å². The van der Waals surface area contributed by atoms with Crippen LogP contribution in [0.15, 0.2) is 24.4 Å². The standard InChI is InChI=1S/C19H24N4O3/c1-25-16-7-5-14(18(9-16)26-2)6-8-19(24)22-10-15(11-22)23-12-17(20-21-23)13-3-4-13/h5,7,9,12-13,15H,3-4,6,8,10-11H2,1-2H3. The molecule has 2 aliphatic rings. The zero-order valence-corrected chi connectivity index (χ0v) is 15.2. The van der Waals surface area contributed by atoms with Crippen LogP contribution in [0.25, 0.3) is 0 Å². The van der Waals surface area contributed by atoms with Crippen LogP contribution in [-0.2, 0) is 11.2 Å². The molecule has 0 bridgehead atoms. The molecule has 0 spiro atoms. The van der Waals surface area contributed by atoms with E-state index in [2.05, 4.69) is 10.3 Å². The monoisotopic (exact) mass is 356 g/mol. The molecule has 1 aromatic carbocycles. The van der Waals surface area contributed by atoms with E-state index >= 15 is 0 Å². The van der Waals surface area contributed by atoms with E-state index in [9.17, 15) is 4.79 Å². The summed E-state index contributed by atoms with van der Waals surface area (Å²) in [5.41, 5.74) is 2.12. The first-order valence-corrected chi connectivity index (χ1v) is 9.08. The third-order valence-corrected chi connectivity index (χ3v) is 5.22. The number of aryl methyl sites for hydroxylation is 1. The average molecular weight is 356 g/mol. The Balaban J connectivity index is 1.28. The van der Waals surface area contributed by atoms with Gasteiger partial charge in [-0.25, -0.2) is 4.68 Å². The lowest BCUT2D eigenvalue weighted by Gasteiger charge is -2.39. The van der Waals surface area contributed by atoms with Crippen LogP contribution in [0, 0.1) is 0 Å². The van der Waals surface area contributed by atoms with E-state index in [1.807, 2.05) is 34.0 Å². The predicted octanol–water partition coefficient (Wildman–Crippen LogP) is 2.19. The van der Waals surface area contributed by atoms with Crippen LogP contribution < -0.4 is 9.47 Å². The maximum atomic E-state index is 12.4. The molecule has 0 N–H and O–H groups in total. The number of carbonyl (C=O) groups is 1. The Kier molecular flexibility index (Phi) is 4.53. The van der Waals surface area contributed by atoms with Crippen LogP contribution in [-0.4, -0.2) is 53.1 Å². The lowest BCUT2D eigenvalue weighted by atomic mass is 10.0. The van der Waals surface area contributed by atoms with Gasteiger partial charge in [0.2, 0.25) is 5.91 Å². The average Bonchev–Trinajstić information content (AvgIpc) is 3.37. The summed E-state index contributed by atoms with van der Waals surface area (Å²) in [6.45, 7) is 1.43. The third-order valence-electron chi connectivity index (χ3n) is 5.22. The Morgan fingerprint density at radius 3 is 2.73 bits per heavy atom. The molecule has 1 saturated heterocycles. The molecule has 0 unspecified atom stereocenters. The number of amides is 1. The normalized spacial score (nSPS) is 17.1. The molecule has 7 nitrogen and oxygen atoms in total.